The number of carbonyl (C=O) groups excluding carboxylic acids is 1. The second kappa shape index (κ2) is 8.78. The summed E-state index contributed by atoms with van der Waals surface area (Å²) in [6, 6.07) is 3.71. The lowest BCUT2D eigenvalue weighted by molar-refractivity contribution is -0.123. The quantitative estimate of drug-likeness (QED) is 0.766. The summed E-state index contributed by atoms with van der Waals surface area (Å²) in [6.07, 6.45) is 3.10. The number of sulfonamides is 1. The maximum absolute atomic E-state index is 12.9. The lowest BCUT2D eigenvalue weighted by Gasteiger charge is -2.34. The van der Waals surface area contributed by atoms with Crippen molar-refractivity contribution in [1.82, 2.24) is 10.2 Å². The van der Waals surface area contributed by atoms with Crippen LogP contribution in [0.4, 0.5) is 5.69 Å². The van der Waals surface area contributed by atoms with Gasteiger partial charge in [-0.15, -0.1) is 0 Å². The molecule has 1 aromatic carbocycles. The highest BCUT2D eigenvalue weighted by Crippen LogP contribution is 2.29. The Labute approximate surface area is 165 Å². The molecule has 9 heteroatoms. The summed E-state index contributed by atoms with van der Waals surface area (Å²) in [5.74, 6) is -0.302. The maximum atomic E-state index is 12.9. The largest absolute Gasteiger partial charge is 0.351 e. The van der Waals surface area contributed by atoms with E-state index in [1.165, 1.54) is 18.2 Å². The van der Waals surface area contributed by atoms with Crippen LogP contribution in [0.5, 0.6) is 0 Å². The Hall–Kier alpha value is -1.02. The molecule has 1 aromatic rings. The van der Waals surface area contributed by atoms with Gasteiger partial charge in [0.05, 0.1) is 11.9 Å². The predicted octanol–water partition coefficient (Wildman–Crippen LogP) is 2.75. The molecule has 1 atom stereocenters. The third-order valence-electron chi connectivity index (χ3n) is 4.50. The Balaban J connectivity index is 2.28. The van der Waals surface area contributed by atoms with Crippen LogP contribution in [-0.4, -0.2) is 57.7 Å². The highest BCUT2D eigenvalue weighted by Gasteiger charge is 2.33. The van der Waals surface area contributed by atoms with E-state index in [4.69, 9.17) is 23.2 Å². The molecule has 0 aromatic heterocycles. The second-order valence-electron chi connectivity index (χ2n) is 6.70. The molecule has 1 heterocycles. The fourth-order valence-corrected chi connectivity index (χ4v) is 4.89. The molecule has 146 valence electrons. The Morgan fingerprint density at radius 2 is 1.81 bits per heavy atom. The van der Waals surface area contributed by atoms with Crippen LogP contribution in [0.2, 0.25) is 10.0 Å². The monoisotopic (exact) mass is 421 g/mol. The Morgan fingerprint density at radius 3 is 2.27 bits per heavy atom. The molecule has 0 radical (unpaired) electrons. The number of hydrogen-bond donors (Lipinski definition) is 1. The summed E-state index contributed by atoms with van der Waals surface area (Å²) in [7, 11) is -1.67. The van der Waals surface area contributed by atoms with Crippen LogP contribution < -0.4 is 9.62 Å². The van der Waals surface area contributed by atoms with Crippen molar-refractivity contribution in [2.75, 3.05) is 30.7 Å². The predicted molar refractivity (Wildman–Crippen MR) is 107 cm³/mol. The first-order chi connectivity index (χ1) is 12.1. The van der Waals surface area contributed by atoms with E-state index in [0.717, 1.165) is 36.5 Å². The second-order valence-corrected chi connectivity index (χ2v) is 9.43. The summed E-state index contributed by atoms with van der Waals surface area (Å²) in [5, 5.41) is 3.63. The first-order valence-corrected chi connectivity index (χ1v) is 11.2. The number of benzene rings is 1. The van der Waals surface area contributed by atoms with Gasteiger partial charge in [-0.3, -0.25) is 9.10 Å². The average molecular weight is 422 g/mol. The molecule has 26 heavy (non-hydrogen) atoms. The van der Waals surface area contributed by atoms with Gasteiger partial charge in [0.2, 0.25) is 15.9 Å². The smallest absolute Gasteiger partial charge is 0.244 e. The van der Waals surface area contributed by atoms with Crippen molar-refractivity contribution in [3.63, 3.8) is 0 Å². The Kier molecular flexibility index (Phi) is 7.19. The number of anilines is 1. The number of rotatable bonds is 6. The molecule has 1 aliphatic rings. The van der Waals surface area contributed by atoms with E-state index in [0.29, 0.717) is 16.5 Å². The van der Waals surface area contributed by atoms with Gasteiger partial charge in [-0.05, 0) is 57.6 Å². The van der Waals surface area contributed by atoms with Crippen LogP contribution in [-0.2, 0) is 14.8 Å². The molecule has 0 unspecified atom stereocenters. The third-order valence-corrected chi connectivity index (χ3v) is 6.11. The molecular formula is C17H25Cl2N3O3S. The van der Waals surface area contributed by atoms with Crippen molar-refractivity contribution in [2.45, 2.75) is 38.3 Å². The van der Waals surface area contributed by atoms with Gasteiger partial charge in [0.15, 0.2) is 0 Å². The zero-order valence-corrected chi connectivity index (χ0v) is 17.5. The minimum absolute atomic E-state index is 0.0529. The Bertz CT molecular complexity index is 729. The third kappa shape index (κ3) is 5.49. The standard InChI is InChI=1S/C17H25Cl2N3O3S/c1-4-16(17(23)20-14-5-7-21(2)8-6-14)22(26(3,24)25)15-10-12(18)9-13(19)11-15/h9-11,14,16H,4-8H2,1-3H3,(H,20,23)/t16-/m0/s1. The van der Waals surface area contributed by atoms with Gasteiger partial charge in [0.25, 0.3) is 0 Å². The van der Waals surface area contributed by atoms with Gasteiger partial charge in [-0.1, -0.05) is 30.1 Å². The van der Waals surface area contributed by atoms with E-state index in [9.17, 15) is 13.2 Å². The molecule has 0 spiro atoms. The molecule has 0 aliphatic carbocycles. The number of nitrogens with zero attached hydrogens (tertiary/aromatic N) is 2. The molecule has 0 saturated carbocycles. The topological polar surface area (TPSA) is 69.7 Å². The van der Waals surface area contributed by atoms with Gasteiger partial charge in [0, 0.05) is 16.1 Å². The SMILES string of the molecule is CC[C@@H](C(=O)NC1CCN(C)CC1)N(c1cc(Cl)cc(Cl)c1)S(C)(=O)=O. The molecular weight excluding hydrogens is 397 g/mol. The first-order valence-electron chi connectivity index (χ1n) is 8.56. The molecule has 1 saturated heterocycles. The number of amides is 1. The minimum atomic E-state index is -3.71. The summed E-state index contributed by atoms with van der Waals surface area (Å²) >= 11 is 12.1. The van der Waals surface area contributed by atoms with E-state index in [2.05, 4.69) is 10.2 Å². The summed E-state index contributed by atoms with van der Waals surface area (Å²) in [6.45, 7) is 3.59. The molecule has 1 aliphatic heterocycles. The molecule has 1 amide bonds. The molecule has 2 rings (SSSR count). The molecule has 1 fully saturated rings. The van der Waals surface area contributed by atoms with E-state index >= 15 is 0 Å². The van der Waals surface area contributed by atoms with Gasteiger partial charge in [-0.2, -0.15) is 0 Å². The zero-order chi connectivity index (χ0) is 19.5. The van der Waals surface area contributed by atoms with Crippen LogP contribution in [0.25, 0.3) is 0 Å². The molecule has 6 nitrogen and oxygen atoms in total. The van der Waals surface area contributed by atoms with Crippen LogP contribution >= 0.6 is 23.2 Å². The van der Waals surface area contributed by atoms with Crippen molar-refractivity contribution in [3.05, 3.63) is 28.2 Å². The van der Waals surface area contributed by atoms with Crippen LogP contribution in [0.3, 0.4) is 0 Å². The Morgan fingerprint density at radius 1 is 1.27 bits per heavy atom. The number of nitrogens with one attached hydrogen (secondary N) is 1. The van der Waals surface area contributed by atoms with Crippen LogP contribution in [0.1, 0.15) is 26.2 Å². The van der Waals surface area contributed by atoms with Crippen molar-refractivity contribution in [2.24, 2.45) is 0 Å². The van der Waals surface area contributed by atoms with Gasteiger partial charge in [0.1, 0.15) is 6.04 Å². The molecule has 1 N–H and O–H groups in total. The van der Waals surface area contributed by atoms with Gasteiger partial charge < -0.3 is 10.2 Å². The van der Waals surface area contributed by atoms with Crippen molar-refractivity contribution < 1.29 is 13.2 Å². The number of carbonyl (C=O) groups is 1. The van der Waals surface area contributed by atoms with Crippen molar-refractivity contribution >= 4 is 44.8 Å². The van der Waals surface area contributed by atoms with E-state index < -0.39 is 16.1 Å². The normalized spacial score (nSPS) is 17.7. The lowest BCUT2D eigenvalue weighted by atomic mass is 10.0. The summed E-state index contributed by atoms with van der Waals surface area (Å²) in [5.41, 5.74) is 0.287. The van der Waals surface area contributed by atoms with Crippen LogP contribution in [0, 0.1) is 0 Å². The highest BCUT2D eigenvalue weighted by atomic mass is 35.5. The summed E-state index contributed by atoms with van der Waals surface area (Å²) in [4.78, 5) is 15.1. The number of halogens is 2. The lowest BCUT2D eigenvalue weighted by Crippen LogP contribution is -2.53. The van der Waals surface area contributed by atoms with Gasteiger partial charge >= 0.3 is 0 Å². The van der Waals surface area contributed by atoms with E-state index in [1.54, 1.807) is 6.92 Å². The average Bonchev–Trinajstić information content (AvgIpc) is 2.52. The van der Waals surface area contributed by atoms with Crippen LogP contribution in [0.15, 0.2) is 18.2 Å². The van der Waals surface area contributed by atoms with Crippen molar-refractivity contribution in [1.29, 1.82) is 0 Å². The molecule has 0 bridgehead atoms. The number of likely N-dealkylation sites (tertiary alicyclic amines) is 1. The summed E-state index contributed by atoms with van der Waals surface area (Å²) < 4.78 is 26.0. The van der Waals surface area contributed by atoms with Crippen molar-refractivity contribution in [3.8, 4) is 0 Å². The number of piperidine rings is 1. The fourth-order valence-electron chi connectivity index (χ4n) is 3.18. The fraction of sp³-hybridized carbons (Fsp3) is 0.588. The van der Waals surface area contributed by atoms with E-state index in [-0.39, 0.29) is 17.6 Å². The van der Waals surface area contributed by atoms with E-state index in [1.807, 2.05) is 7.05 Å². The zero-order valence-electron chi connectivity index (χ0n) is 15.2. The first kappa shape index (κ1) is 21.3. The maximum Gasteiger partial charge on any atom is 0.244 e. The van der Waals surface area contributed by atoms with Gasteiger partial charge in [-0.25, -0.2) is 8.42 Å². The number of hydrogen-bond acceptors (Lipinski definition) is 4. The minimum Gasteiger partial charge on any atom is -0.351 e. The highest BCUT2D eigenvalue weighted by molar-refractivity contribution is 7.92.